The van der Waals surface area contributed by atoms with Crippen molar-refractivity contribution in [3.8, 4) is 0 Å². The Hall–Kier alpha value is -3.93. The number of hydrogen-bond acceptors (Lipinski definition) is 6. The number of carbonyl (C=O) groups is 3. The van der Waals surface area contributed by atoms with Crippen molar-refractivity contribution in [2.45, 2.75) is 271 Å². The molecular weight excluding hydrogens is 877 g/mol. The minimum absolute atomic E-state index is 0.106. The van der Waals surface area contributed by atoms with Gasteiger partial charge in [-0.1, -0.05) is 259 Å². The summed E-state index contributed by atoms with van der Waals surface area (Å²) in [6.07, 6.45) is 79.4. The van der Waals surface area contributed by atoms with Crippen molar-refractivity contribution < 1.29 is 28.6 Å². The van der Waals surface area contributed by atoms with E-state index in [-0.39, 0.29) is 37.5 Å². The molecule has 71 heavy (non-hydrogen) atoms. The van der Waals surface area contributed by atoms with Crippen molar-refractivity contribution in [2.24, 2.45) is 0 Å². The Kier molecular flexibility index (Phi) is 55.4. The van der Waals surface area contributed by atoms with Gasteiger partial charge < -0.3 is 14.2 Å². The Balaban J connectivity index is 4.52. The van der Waals surface area contributed by atoms with Gasteiger partial charge in [0.05, 0.1) is 0 Å². The minimum Gasteiger partial charge on any atom is -0.462 e. The first-order valence-electron chi connectivity index (χ1n) is 29.4. The Labute approximate surface area is 438 Å². The van der Waals surface area contributed by atoms with Crippen LogP contribution in [0.1, 0.15) is 265 Å². The van der Waals surface area contributed by atoms with Crippen LogP contribution in [0.3, 0.4) is 0 Å². The third-order valence-electron chi connectivity index (χ3n) is 12.3. The van der Waals surface area contributed by atoms with Crippen LogP contribution >= 0.6 is 0 Å². The molecule has 0 aromatic heterocycles. The quantitative estimate of drug-likeness (QED) is 0.0261. The van der Waals surface area contributed by atoms with Crippen LogP contribution in [0.25, 0.3) is 0 Å². The molecule has 0 aliphatic rings. The van der Waals surface area contributed by atoms with Gasteiger partial charge in [-0.3, -0.25) is 14.4 Å². The number of unbranched alkanes of at least 4 members (excludes halogenated alkanes) is 23. The molecule has 0 saturated carbocycles. The van der Waals surface area contributed by atoms with E-state index in [4.69, 9.17) is 14.2 Å². The highest BCUT2D eigenvalue weighted by Gasteiger charge is 2.19. The van der Waals surface area contributed by atoms with Crippen LogP contribution in [-0.2, 0) is 28.6 Å². The van der Waals surface area contributed by atoms with Gasteiger partial charge in [-0.15, -0.1) is 0 Å². The maximum Gasteiger partial charge on any atom is 0.306 e. The van der Waals surface area contributed by atoms with Gasteiger partial charge in [-0.25, -0.2) is 0 Å². The highest BCUT2D eigenvalue weighted by atomic mass is 16.6. The molecule has 0 amide bonds. The fourth-order valence-electron chi connectivity index (χ4n) is 7.89. The molecule has 0 saturated heterocycles. The third kappa shape index (κ3) is 56.9. The van der Waals surface area contributed by atoms with Gasteiger partial charge >= 0.3 is 17.9 Å². The van der Waals surface area contributed by atoms with E-state index in [0.717, 1.165) is 103 Å². The number of ether oxygens (including phenoxy) is 3. The predicted molar refractivity (Wildman–Crippen MR) is 307 cm³/mol. The maximum atomic E-state index is 12.9. The van der Waals surface area contributed by atoms with E-state index in [9.17, 15) is 14.4 Å². The first kappa shape index (κ1) is 67.1. The second kappa shape index (κ2) is 58.6. The summed E-state index contributed by atoms with van der Waals surface area (Å²) in [6.45, 7) is 6.43. The van der Waals surface area contributed by atoms with Crippen molar-refractivity contribution in [2.75, 3.05) is 13.2 Å². The van der Waals surface area contributed by atoms with Crippen LogP contribution < -0.4 is 0 Å². The second-order valence-corrected chi connectivity index (χ2v) is 19.2. The highest BCUT2D eigenvalue weighted by Crippen LogP contribution is 2.15. The number of esters is 3. The number of hydrogen-bond donors (Lipinski definition) is 0. The lowest BCUT2D eigenvalue weighted by atomic mass is 10.0. The molecule has 0 aromatic carbocycles. The maximum absolute atomic E-state index is 12.9. The van der Waals surface area contributed by atoms with Crippen molar-refractivity contribution in [3.05, 3.63) is 109 Å². The lowest BCUT2D eigenvalue weighted by Crippen LogP contribution is -2.30. The lowest BCUT2D eigenvalue weighted by molar-refractivity contribution is -0.166. The molecule has 0 aliphatic heterocycles. The van der Waals surface area contributed by atoms with Crippen LogP contribution in [0.15, 0.2) is 109 Å². The van der Waals surface area contributed by atoms with Crippen molar-refractivity contribution >= 4 is 17.9 Å². The Bertz CT molecular complexity index is 1460. The second-order valence-electron chi connectivity index (χ2n) is 19.2. The van der Waals surface area contributed by atoms with Crippen LogP contribution in [0.5, 0.6) is 0 Å². The van der Waals surface area contributed by atoms with Crippen LogP contribution in [-0.4, -0.2) is 37.2 Å². The predicted octanol–water partition coefficient (Wildman–Crippen LogP) is 19.9. The first-order valence-corrected chi connectivity index (χ1v) is 29.4. The Morgan fingerprint density at radius 2 is 0.577 bits per heavy atom. The molecular formula is C65H108O6. The molecule has 0 heterocycles. The van der Waals surface area contributed by atoms with Gasteiger partial charge in [0, 0.05) is 19.3 Å². The molecule has 0 aromatic rings. The molecule has 404 valence electrons. The third-order valence-corrected chi connectivity index (χ3v) is 12.3. The molecule has 0 rings (SSSR count). The van der Waals surface area contributed by atoms with E-state index >= 15 is 0 Å². The van der Waals surface area contributed by atoms with E-state index in [1.807, 2.05) is 6.08 Å². The summed E-state index contributed by atoms with van der Waals surface area (Å²) >= 11 is 0. The fourth-order valence-corrected chi connectivity index (χ4v) is 7.89. The molecule has 0 fully saturated rings. The van der Waals surface area contributed by atoms with Gasteiger partial charge in [0.15, 0.2) is 6.10 Å². The summed E-state index contributed by atoms with van der Waals surface area (Å²) in [5, 5.41) is 0. The molecule has 0 spiro atoms. The van der Waals surface area contributed by atoms with Crippen molar-refractivity contribution in [1.29, 1.82) is 0 Å². The van der Waals surface area contributed by atoms with Gasteiger partial charge in [0.1, 0.15) is 13.2 Å². The summed E-state index contributed by atoms with van der Waals surface area (Å²) in [5.74, 6) is -1.00. The fraction of sp³-hybridized carbons (Fsp3) is 0.677. The minimum atomic E-state index is -0.817. The van der Waals surface area contributed by atoms with Crippen LogP contribution in [0.2, 0.25) is 0 Å². The van der Waals surface area contributed by atoms with Gasteiger partial charge in [-0.05, 0) is 96.3 Å². The summed E-state index contributed by atoms with van der Waals surface area (Å²) in [7, 11) is 0. The van der Waals surface area contributed by atoms with Crippen molar-refractivity contribution in [3.63, 3.8) is 0 Å². The van der Waals surface area contributed by atoms with Gasteiger partial charge in [-0.2, -0.15) is 0 Å². The molecule has 1 atom stereocenters. The van der Waals surface area contributed by atoms with Gasteiger partial charge in [0.25, 0.3) is 0 Å². The van der Waals surface area contributed by atoms with Crippen LogP contribution in [0.4, 0.5) is 0 Å². The van der Waals surface area contributed by atoms with E-state index in [1.165, 1.54) is 116 Å². The first-order chi connectivity index (χ1) is 35.0. The van der Waals surface area contributed by atoms with Crippen LogP contribution in [0, 0.1) is 0 Å². The molecule has 0 N–H and O–H groups in total. The summed E-state index contributed by atoms with van der Waals surface area (Å²) < 4.78 is 16.8. The molecule has 0 radical (unpaired) electrons. The van der Waals surface area contributed by atoms with Gasteiger partial charge in [0.2, 0.25) is 0 Å². The largest absolute Gasteiger partial charge is 0.462 e. The molecule has 0 bridgehead atoms. The number of carbonyl (C=O) groups excluding carboxylic acids is 3. The standard InChI is InChI=1S/C65H108O6/c1-4-7-10-13-16-19-22-25-28-30-32-34-37-40-43-46-49-52-55-58-64(67)70-61-62(60-69-63(66)57-54-51-48-45-42-39-36-27-24-21-18-15-12-9-6-3)71-65(68)59-56-53-50-47-44-41-38-35-33-31-29-26-23-20-17-14-11-8-5-2/h7,10,16-17,19-20,25-26,28-29,32-35,40,43,49,52,62H,4-6,8-9,11-15,18,21-24,27,30-31,36-39,41-42,44-48,50-51,53-61H2,1-3H3/b10-7-,19-16-,20-17-,28-25-,29-26-,34-32-,35-33-,43-40-,52-49-. The zero-order valence-corrected chi connectivity index (χ0v) is 46.2. The number of rotatable bonds is 52. The average Bonchev–Trinajstić information content (AvgIpc) is 3.37. The molecule has 6 nitrogen and oxygen atoms in total. The highest BCUT2D eigenvalue weighted by molar-refractivity contribution is 5.71. The lowest BCUT2D eigenvalue weighted by Gasteiger charge is -2.18. The Morgan fingerprint density at radius 3 is 0.972 bits per heavy atom. The summed E-state index contributed by atoms with van der Waals surface area (Å²) in [5.41, 5.74) is 0. The topological polar surface area (TPSA) is 78.9 Å². The van der Waals surface area contributed by atoms with E-state index in [0.29, 0.717) is 19.3 Å². The monoisotopic (exact) mass is 985 g/mol. The molecule has 0 aliphatic carbocycles. The summed E-state index contributed by atoms with van der Waals surface area (Å²) in [6, 6.07) is 0. The average molecular weight is 986 g/mol. The summed E-state index contributed by atoms with van der Waals surface area (Å²) in [4.78, 5) is 38.2. The zero-order chi connectivity index (χ0) is 51.4. The Morgan fingerprint density at radius 1 is 0.296 bits per heavy atom. The molecule has 1 unspecified atom stereocenters. The van der Waals surface area contributed by atoms with E-state index < -0.39 is 6.10 Å². The van der Waals surface area contributed by atoms with E-state index in [2.05, 4.69) is 124 Å². The molecule has 6 heteroatoms. The van der Waals surface area contributed by atoms with E-state index in [1.54, 1.807) is 0 Å². The van der Waals surface area contributed by atoms with Crippen molar-refractivity contribution in [1.82, 2.24) is 0 Å². The number of allylic oxidation sites excluding steroid dienone is 18. The SMILES string of the molecule is CC/C=C\C/C=C\C/C=C\C/C=C\C/C=C\C/C=C\CCC(=O)OCC(COC(=O)CCCCCCCCCCCCCCCCC)OC(=O)CCCCCCCC/C=C\C/C=C\C/C=C\CCCCC. The zero-order valence-electron chi connectivity index (χ0n) is 46.2. The smallest absolute Gasteiger partial charge is 0.306 e. The normalized spacial score (nSPS) is 12.9.